The third kappa shape index (κ3) is 5.12. The fourth-order valence-electron chi connectivity index (χ4n) is 2.16. The Labute approximate surface area is 165 Å². The first-order chi connectivity index (χ1) is 12.9. The zero-order valence-electron chi connectivity index (χ0n) is 14.7. The van der Waals surface area contributed by atoms with E-state index in [-0.39, 0.29) is 40.8 Å². The van der Waals surface area contributed by atoms with Crippen LogP contribution in [-0.2, 0) is 20.9 Å². The van der Waals surface area contributed by atoms with Crippen molar-refractivity contribution in [2.24, 2.45) is 0 Å². The first kappa shape index (κ1) is 20.6. The van der Waals surface area contributed by atoms with Gasteiger partial charge < -0.3 is 19.9 Å². The lowest BCUT2D eigenvalue weighted by Gasteiger charge is -2.09. The summed E-state index contributed by atoms with van der Waals surface area (Å²) in [7, 11) is 0. The van der Waals surface area contributed by atoms with Gasteiger partial charge in [0.05, 0.1) is 17.2 Å². The van der Waals surface area contributed by atoms with Gasteiger partial charge in [-0.1, -0.05) is 17.7 Å². The number of rotatable bonds is 7. The Morgan fingerprint density at radius 3 is 2.74 bits per heavy atom. The van der Waals surface area contributed by atoms with Gasteiger partial charge >= 0.3 is 11.9 Å². The molecule has 1 aromatic heterocycles. The SMILES string of the molecule is CCOC(=O)c1sc(N)c(C#N)c1COC(=O)COc1cc(C)ccc1Cl. The van der Waals surface area contributed by atoms with Gasteiger partial charge in [0.2, 0.25) is 0 Å². The van der Waals surface area contributed by atoms with Gasteiger partial charge in [0, 0.05) is 5.56 Å². The van der Waals surface area contributed by atoms with Gasteiger partial charge in [-0.2, -0.15) is 5.26 Å². The molecule has 9 heteroatoms. The third-order valence-corrected chi connectivity index (χ3v) is 4.77. The molecule has 0 saturated heterocycles. The number of ether oxygens (including phenoxy) is 3. The van der Waals surface area contributed by atoms with Crippen molar-refractivity contribution in [1.82, 2.24) is 0 Å². The van der Waals surface area contributed by atoms with E-state index in [1.807, 2.05) is 19.1 Å². The number of anilines is 1. The highest BCUT2D eigenvalue weighted by Crippen LogP contribution is 2.32. The van der Waals surface area contributed by atoms with E-state index in [0.29, 0.717) is 10.8 Å². The van der Waals surface area contributed by atoms with Gasteiger partial charge in [0.1, 0.15) is 28.3 Å². The number of carbonyl (C=O) groups is 2. The molecule has 1 aromatic carbocycles. The highest BCUT2D eigenvalue weighted by molar-refractivity contribution is 7.18. The van der Waals surface area contributed by atoms with Gasteiger partial charge in [0.25, 0.3) is 0 Å². The number of thiophene rings is 1. The number of hydrogen-bond donors (Lipinski definition) is 1. The van der Waals surface area contributed by atoms with Crippen molar-refractivity contribution in [2.45, 2.75) is 20.5 Å². The van der Waals surface area contributed by atoms with E-state index < -0.39 is 11.9 Å². The minimum absolute atomic E-state index is 0.0958. The fourth-order valence-corrected chi connectivity index (χ4v) is 3.25. The van der Waals surface area contributed by atoms with Crippen LogP contribution in [0.15, 0.2) is 18.2 Å². The maximum atomic E-state index is 12.0. The van der Waals surface area contributed by atoms with Crippen molar-refractivity contribution in [2.75, 3.05) is 18.9 Å². The summed E-state index contributed by atoms with van der Waals surface area (Å²) < 4.78 is 15.4. The normalized spacial score (nSPS) is 10.1. The number of halogens is 1. The summed E-state index contributed by atoms with van der Waals surface area (Å²) in [5.41, 5.74) is 7.01. The number of hydrogen-bond acceptors (Lipinski definition) is 8. The largest absolute Gasteiger partial charge is 0.480 e. The number of esters is 2. The van der Waals surface area contributed by atoms with Gasteiger partial charge in [0.15, 0.2) is 6.61 Å². The van der Waals surface area contributed by atoms with E-state index in [9.17, 15) is 14.9 Å². The van der Waals surface area contributed by atoms with Crippen LogP contribution in [0.3, 0.4) is 0 Å². The summed E-state index contributed by atoms with van der Waals surface area (Å²) in [6.07, 6.45) is 0. The fraction of sp³-hybridized carbons (Fsp3) is 0.278. The first-order valence-electron chi connectivity index (χ1n) is 7.90. The van der Waals surface area contributed by atoms with Crippen LogP contribution in [0.4, 0.5) is 5.00 Å². The molecule has 27 heavy (non-hydrogen) atoms. The summed E-state index contributed by atoms with van der Waals surface area (Å²) in [4.78, 5) is 24.1. The molecule has 0 spiro atoms. The van der Waals surface area contributed by atoms with Crippen LogP contribution < -0.4 is 10.5 Å². The van der Waals surface area contributed by atoms with Crippen LogP contribution in [-0.4, -0.2) is 25.2 Å². The monoisotopic (exact) mass is 408 g/mol. The van der Waals surface area contributed by atoms with E-state index in [0.717, 1.165) is 16.9 Å². The maximum Gasteiger partial charge on any atom is 0.348 e. The number of nitrogen functional groups attached to an aromatic ring is 1. The average Bonchev–Trinajstić information content (AvgIpc) is 2.96. The predicted octanol–water partition coefficient (Wildman–Crippen LogP) is 3.46. The Balaban J connectivity index is 2.05. The minimum atomic E-state index is -0.684. The maximum absolute atomic E-state index is 12.0. The molecule has 0 atom stereocenters. The highest BCUT2D eigenvalue weighted by atomic mass is 35.5. The molecule has 1 heterocycles. The third-order valence-electron chi connectivity index (χ3n) is 3.42. The van der Waals surface area contributed by atoms with Crippen LogP contribution in [0, 0.1) is 18.3 Å². The summed E-state index contributed by atoms with van der Waals surface area (Å²) >= 11 is 6.92. The Kier molecular flexibility index (Phi) is 7.05. The first-order valence-corrected chi connectivity index (χ1v) is 9.09. The summed E-state index contributed by atoms with van der Waals surface area (Å²) in [6.45, 7) is 3.02. The van der Waals surface area contributed by atoms with E-state index in [4.69, 9.17) is 31.5 Å². The van der Waals surface area contributed by atoms with Gasteiger partial charge in [-0.15, -0.1) is 11.3 Å². The molecule has 2 rings (SSSR count). The molecule has 0 aliphatic carbocycles. The smallest absolute Gasteiger partial charge is 0.348 e. The number of nitrogens with zero attached hydrogens (tertiary/aromatic N) is 1. The molecule has 2 aromatic rings. The van der Waals surface area contributed by atoms with Crippen molar-refractivity contribution in [3.05, 3.63) is 44.8 Å². The standard InChI is InChI=1S/C18H17ClN2O5S/c1-3-24-18(23)16-12(11(7-20)17(21)27-16)8-26-15(22)9-25-14-6-10(2)4-5-13(14)19/h4-6H,3,8-9,21H2,1-2H3. The lowest BCUT2D eigenvalue weighted by molar-refractivity contribution is -0.147. The number of nitrogens with two attached hydrogens (primary N) is 1. The molecular formula is C18H17ClN2O5S. The lowest BCUT2D eigenvalue weighted by Crippen LogP contribution is -2.16. The molecular weight excluding hydrogens is 392 g/mol. The second-order valence-corrected chi connectivity index (χ2v) is 6.82. The molecule has 0 radical (unpaired) electrons. The van der Waals surface area contributed by atoms with Crippen molar-refractivity contribution in [1.29, 1.82) is 5.26 Å². The second-order valence-electron chi connectivity index (χ2n) is 5.36. The molecule has 0 bridgehead atoms. The summed E-state index contributed by atoms with van der Waals surface area (Å²) in [5.74, 6) is -0.945. The number of benzene rings is 1. The van der Waals surface area contributed by atoms with Crippen molar-refractivity contribution >= 4 is 39.9 Å². The molecule has 7 nitrogen and oxygen atoms in total. The molecule has 0 aliphatic rings. The number of carbonyl (C=O) groups excluding carboxylic acids is 2. The van der Waals surface area contributed by atoms with Crippen LogP contribution in [0.25, 0.3) is 0 Å². The van der Waals surface area contributed by atoms with Crippen molar-refractivity contribution in [3.8, 4) is 11.8 Å². The van der Waals surface area contributed by atoms with Crippen LogP contribution in [0.5, 0.6) is 5.75 Å². The van der Waals surface area contributed by atoms with Crippen molar-refractivity contribution < 1.29 is 23.8 Å². The zero-order chi connectivity index (χ0) is 20.0. The second kappa shape index (κ2) is 9.26. The molecule has 0 fully saturated rings. The molecule has 2 N–H and O–H groups in total. The van der Waals surface area contributed by atoms with Crippen molar-refractivity contribution in [3.63, 3.8) is 0 Å². The van der Waals surface area contributed by atoms with Crippen LogP contribution in [0.2, 0.25) is 5.02 Å². The van der Waals surface area contributed by atoms with E-state index >= 15 is 0 Å². The molecule has 0 amide bonds. The number of aryl methyl sites for hydroxylation is 1. The molecule has 0 saturated carbocycles. The van der Waals surface area contributed by atoms with Crippen LogP contribution >= 0.6 is 22.9 Å². The quantitative estimate of drug-likeness (QED) is 0.698. The summed E-state index contributed by atoms with van der Waals surface area (Å²) in [6, 6.07) is 7.09. The molecule has 0 aliphatic heterocycles. The summed E-state index contributed by atoms with van der Waals surface area (Å²) in [5, 5.41) is 9.77. The number of nitriles is 1. The Morgan fingerprint density at radius 2 is 2.07 bits per heavy atom. The predicted molar refractivity (Wildman–Crippen MR) is 101 cm³/mol. The molecule has 142 valence electrons. The van der Waals surface area contributed by atoms with E-state index in [2.05, 4.69) is 0 Å². The van der Waals surface area contributed by atoms with E-state index in [1.165, 1.54) is 0 Å². The zero-order valence-corrected chi connectivity index (χ0v) is 16.3. The highest BCUT2D eigenvalue weighted by Gasteiger charge is 2.24. The van der Waals surface area contributed by atoms with Gasteiger partial charge in [-0.25, -0.2) is 9.59 Å². The Bertz CT molecular complexity index is 904. The van der Waals surface area contributed by atoms with E-state index in [1.54, 1.807) is 19.1 Å². The Morgan fingerprint density at radius 1 is 1.33 bits per heavy atom. The van der Waals surface area contributed by atoms with Gasteiger partial charge in [-0.3, -0.25) is 0 Å². The Hall–Kier alpha value is -2.76. The topological polar surface area (TPSA) is 112 Å². The minimum Gasteiger partial charge on any atom is -0.480 e. The molecule has 0 unspecified atom stereocenters. The van der Waals surface area contributed by atoms with Gasteiger partial charge in [-0.05, 0) is 31.5 Å². The average molecular weight is 409 g/mol. The van der Waals surface area contributed by atoms with Crippen LogP contribution in [0.1, 0.15) is 33.3 Å². The lowest BCUT2D eigenvalue weighted by atomic mass is 10.1.